The van der Waals surface area contributed by atoms with Crippen LogP contribution in [0.25, 0.3) is 0 Å². The number of benzene rings is 1. The van der Waals surface area contributed by atoms with E-state index in [-0.39, 0.29) is 6.54 Å². The Bertz CT molecular complexity index is 342. The van der Waals surface area contributed by atoms with Crippen LogP contribution < -0.4 is 5.73 Å². The summed E-state index contributed by atoms with van der Waals surface area (Å²) in [6.07, 6.45) is 0.361. The highest BCUT2D eigenvalue weighted by Gasteiger charge is 2.41. The molecule has 0 aliphatic rings. The van der Waals surface area contributed by atoms with Crippen LogP contribution in [0.2, 0.25) is 0 Å². The van der Waals surface area contributed by atoms with Gasteiger partial charge in [0.25, 0.3) is 0 Å². The van der Waals surface area contributed by atoms with Crippen LogP contribution in [-0.2, 0) is 6.42 Å². The highest BCUT2D eigenvalue weighted by Crippen LogP contribution is 2.36. The molecule has 90 valence electrons. The molecule has 1 atom stereocenters. The van der Waals surface area contributed by atoms with Gasteiger partial charge >= 0.3 is 0 Å². The molecule has 0 fully saturated rings. The molecular formula is C13H19BrFN. The Labute approximate surface area is 105 Å². The van der Waals surface area contributed by atoms with Gasteiger partial charge in [0.15, 0.2) is 0 Å². The van der Waals surface area contributed by atoms with E-state index in [2.05, 4.69) is 15.9 Å². The van der Waals surface area contributed by atoms with Gasteiger partial charge in [-0.2, -0.15) is 0 Å². The normalized spacial score (nSPS) is 15.9. The minimum atomic E-state index is -1.36. The van der Waals surface area contributed by atoms with Gasteiger partial charge in [0, 0.05) is 17.4 Å². The third-order valence-electron chi connectivity index (χ3n) is 3.07. The fourth-order valence-electron chi connectivity index (χ4n) is 1.57. The zero-order valence-electron chi connectivity index (χ0n) is 10.1. The first-order chi connectivity index (χ1) is 7.28. The predicted octanol–water partition coefficient (Wildman–Crippen LogP) is 3.70. The van der Waals surface area contributed by atoms with Crippen molar-refractivity contribution in [1.29, 1.82) is 0 Å². The molecule has 3 heteroatoms. The third kappa shape index (κ3) is 3.05. The van der Waals surface area contributed by atoms with Gasteiger partial charge in [0.05, 0.1) is 0 Å². The summed E-state index contributed by atoms with van der Waals surface area (Å²) < 4.78 is 15.7. The molecule has 0 heterocycles. The number of hydrogen-bond acceptors (Lipinski definition) is 1. The Morgan fingerprint density at radius 1 is 1.19 bits per heavy atom. The smallest absolute Gasteiger partial charge is 0.132 e. The lowest BCUT2D eigenvalue weighted by Crippen LogP contribution is -2.47. The molecule has 0 bridgehead atoms. The largest absolute Gasteiger partial charge is 0.327 e. The van der Waals surface area contributed by atoms with Crippen LogP contribution in [0.3, 0.4) is 0 Å². The summed E-state index contributed by atoms with van der Waals surface area (Å²) in [5.74, 6) is 0. The van der Waals surface area contributed by atoms with Gasteiger partial charge in [-0.05, 0) is 23.1 Å². The van der Waals surface area contributed by atoms with Crippen LogP contribution >= 0.6 is 15.9 Å². The van der Waals surface area contributed by atoms with Crippen molar-refractivity contribution in [2.24, 2.45) is 11.1 Å². The average Bonchev–Trinajstić information content (AvgIpc) is 2.19. The standard InChI is InChI=1S/C13H19BrFN/c1-12(2,3)13(15,9-16)8-10-4-6-11(14)7-5-10/h4-7H,8-9,16H2,1-3H3. The van der Waals surface area contributed by atoms with Crippen LogP contribution in [0.5, 0.6) is 0 Å². The van der Waals surface area contributed by atoms with Gasteiger partial charge in [-0.3, -0.25) is 0 Å². The highest BCUT2D eigenvalue weighted by atomic mass is 79.9. The van der Waals surface area contributed by atoms with E-state index in [0.717, 1.165) is 10.0 Å². The van der Waals surface area contributed by atoms with Crippen LogP contribution in [0.4, 0.5) is 4.39 Å². The van der Waals surface area contributed by atoms with E-state index in [0.29, 0.717) is 6.42 Å². The third-order valence-corrected chi connectivity index (χ3v) is 3.59. The molecule has 1 unspecified atom stereocenters. The van der Waals surface area contributed by atoms with E-state index in [1.807, 2.05) is 45.0 Å². The molecule has 0 aliphatic heterocycles. The van der Waals surface area contributed by atoms with Gasteiger partial charge in [0.1, 0.15) is 5.67 Å². The summed E-state index contributed by atoms with van der Waals surface area (Å²) in [6, 6.07) is 7.71. The first kappa shape index (κ1) is 13.7. The fraction of sp³-hybridized carbons (Fsp3) is 0.538. The van der Waals surface area contributed by atoms with Crippen molar-refractivity contribution in [3.8, 4) is 0 Å². The number of hydrogen-bond donors (Lipinski definition) is 1. The molecule has 0 radical (unpaired) electrons. The van der Waals surface area contributed by atoms with Crippen molar-refractivity contribution in [1.82, 2.24) is 0 Å². The molecule has 2 N–H and O–H groups in total. The molecule has 0 spiro atoms. The van der Waals surface area contributed by atoms with Gasteiger partial charge in [-0.25, -0.2) is 4.39 Å². The van der Waals surface area contributed by atoms with E-state index in [9.17, 15) is 4.39 Å². The first-order valence-corrected chi connectivity index (χ1v) is 6.21. The Morgan fingerprint density at radius 2 is 1.69 bits per heavy atom. The Morgan fingerprint density at radius 3 is 2.06 bits per heavy atom. The first-order valence-electron chi connectivity index (χ1n) is 5.42. The molecule has 0 saturated carbocycles. The average molecular weight is 288 g/mol. The summed E-state index contributed by atoms with van der Waals surface area (Å²) in [5, 5.41) is 0. The van der Waals surface area contributed by atoms with Gasteiger partial charge in [-0.1, -0.05) is 48.8 Å². The van der Waals surface area contributed by atoms with E-state index in [4.69, 9.17) is 5.73 Å². The maximum atomic E-state index is 14.7. The molecule has 0 saturated heterocycles. The Kier molecular flexibility index (Phi) is 4.13. The Hall–Kier alpha value is -0.410. The zero-order chi connectivity index (χ0) is 12.4. The summed E-state index contributed by atoms with van der Waals surface area (Å²) in [5.41, 5.74) is 4.75. The number of rotatable bonds is 3. The summed E-state index contributed by atoms with van der Waals surface area (Å²) in [7, 11) is 0. The Balaban J connectivity index is 2.89. The number of nitrogens with two attached hydrogens (primary N) is 1. The topological polar surface area (TPSA) is 26.0 Å². The molecule has 0 aliphatic carbocycles. The summed E-state index contributed by atoms with van der Waals surface area (Å²) in [6.45, 7) is 5.71. The van der Waals surface area contributed by atoms with Crippen molar-refractivity contribution in [2.45, 2.75) is 32.9 Å². The summed E-state index contributed by atoms with van der Waals surface area (Å²) in [4.78, 5) is 0. The van der Waals surface area contributed by atoms with Crippen molar-refractivity contribution in [2.75, 3.05) is 6.54 Å². The maximum absolute atomic E-state index is 14.7. The quantitative estimate of drug-likeness (QED) is 0.901. The van der Waals surface area contributed by atoms with Crippen LogP contribution in [-0.4, -0.2) is 12.2 Å². The number of halogens is 2. The molecule has 0 amide bonds. The van der Waals surface area contributed by atoms with Gasteiger partial charge in [-0.15, -0.1) is 0 Å². The minimum absolute atomic E-state index is 0.0482. The van der Waals surface area contributed by atoms with Crippen LogP contribution in [0, 0.1) is 5.41 Å². The lowest BCUT2D eigenvalue weighted by atomic mass is 9.74. The van der Waals surface area contributed by atoms with E-state index >= 15 is 0 Å². The van der Waals surface area contributed by atoms with Gasteiger partial charge in [0.2, 0.25) is 0 Å². The van der Waals surface area contributed by atoms with Gasteiger partial charge < -0.3 is 5.73 Å². The second kappa shape index (κ2) is 4.84. The molecule has 1 rings (SSSR count). The zero-order valence-corrected chi connectivity index (χ0v) is 11.6. The lowest BCUT2D eigenvalue weighted by molar-refractivity contribution is 0.0382. The highest BCUT2D eigenvalue weighted by molar-refractivity contribution is 9.10. The molecular weight excluding hydrogens is 269 g/mol. The minimum Gasteiger partial charge on any atom is -0.327 e. The van der Waals surface area contributed by atoms with E-state index in [1.54, 1.807) is 0 Å². The van der Waals surface area contributed by atoms with E-state index in [1.165, 1.54) is 0 Å². The number of alkyl halides is 1. The predicted molar refractivity (Wildman–Crippen MR) is 70.2 cm³/mol. The SMILES string of the molecule is CC(C)(C)C(F)(CN)Cc1ccc(Br)cc1. The van der Waals surface area contributed by atoms with Crippen molar-refractivity contribution < 1.29 is 4.39 Å². The van der Waals surface area contributed by atoms with Crippen LogP contribution in [0.15, 0.2) is 28.7 Å². The van der Waals surface area contributed by atoms with E-state index < -0.39 is 11.1 Å². The molecule has 1 aromatic rings. The fourth-order valence-corrected chi connectivity index (χ4v) is 1.83. The summed E-state index contributed by atoms with van der Waals surface area (Å²) >= 11 is 3.36. The van der Waals surface area contributed by atoms with Crippen molar-refractivity contribution >= 4 is 15.9 Å². The lowest BCUT2D eigenvalue weighted by Gasteiger charge is -2.37. The maximum Gasteiger partial charge on any atom is 0.132 e. The molecule has 1 aromatic carbocycles. The molecule has 16 heavy (non-hydrogen) atoms. The molecule has 0 aromatic heterocycles. The molecule has 1 nitrogen and oxygen atoms in total. The van der Waals surface area contributed by atoms with Crippen molar-refractivity contribution in [3.63, 3.8) is 0 Å². The van der Waals surface area contributed by atoms with Crippen LogP contribution in [0.1, 0.15) is 26.3 Å². The second-order valence-electron chi connectivity index (χ2n) is 5.22. The second-order valence-corrected chi connectivity index (χ2v) is 6.14. The monoisotopic (exact) mass is 287 g/mol. The van der Waals surface area contributed by atoms with Crippen molar-refractivity contribution in [3.05, 3.63) is 34.3 Å².